The second-order valence-corrected chi connectivity index (χ2v) is 15.4. The molecule has 3 saturated heterocycles. The molecule has 0 spiro atoms. The number of quaternary nitrogens is 1. The summed E-state index contributed by atoms with van der Waals surface area (Å²) in [5.74, 6) is -0.343. The maximum absolute atomic E-state index is 12.7. The van der Waals surface area contributed by atoms with Crippen molar-refractivity contribution in [3.8, 4) is 0 Å². The van der Waals surface area contributed by atoms with Crippen LogP contribution in [0, 0.1) is 0 Å². The summed E-state index contributed by atoms with van der Waals surface area (Å²) in [5.41, 5.74) is -0.577. The highest BCUT2D eigenvalue weighted by molar-refractivity contribution is 7.80. The average Bonchev–Trinajstić information content (AvgIpc) is 3.23. The van der Waals surface area contributed by atoms with E-state index in [1.807, 2.05) is 0 Å². The molecule has 2 bridgehead atoms. The van der Waals surface area contributed by atoms with Gasteiger partial charge < -0.3 is 28.9 Å². The van der Waals surface area contributed by atoms with Gasteiger partial charge in [0, 0.05) is 25.7 Å². The van der Waals surface area contributed by atoms with Gasteiger partial charge in [-0.3, -0.25) is 4.79 Å². The van der Waals surface area contributed by atoms with Crippen molar-refractivity contribution in [1.29, 1.82) is 0 Å². The van der Waals surface area contributed by atoms with Crippen LogP contribution in [0.4, 0.5) is 9.59 Å². The van der Waals surface area contributed by atoms with Crippen molar-refractivity contribution in [2.45, 2.75) is 149 Å². The van der Waals surface area contributed by atoms with Crippen LogP contribution in [0.15, 0.2) is 0 Å². The molecule has 2 atom stereocenters. The average molecular weight is 690 g/mol. The van der Waals surface area contributed by atoms with Gasteiger partial charge in [0.2, 0.25) is 16.3 Å². The molecule has 1 N–H and O–H groups in total. The summed E-state index contributed by atoms with van der Waals surface area (Å²) in [6.07, 6.45) is 12.5. The van der Waals surface area contributed by atoms with Crippen molar-refractivity contribution in [2.75, 3.05) is 45.8 Å². The molecule has 13 nitrogen and oxygen atoms in total. The first kappa shape index (κ1) is 41.0. The number of likely N-dealkylation sites (tertiary alicyclic amines) is 1. The smallest absolute Gasteiger partial charge is 0.410 e. The number of piperidine rings is 2. The van der Waals surface area contributed by atoms with Crippen molar-refractivity contribution < 1.29 is 40.9 Å². The molecule has 0 saturated carbocycles. The first-order chi connectivity index (χ1) is 22.1. The zero-order chi connectivity index (χ0) is 35.3. The Kier molecular flexibility index (Phi) is 16.7. The normalized spacial score (nSPS) is 20.6. The van der Waals surface area contributed by atoms with E-state index >= 15 is 0 Å². The zero-order valence-electron chi connectivity index (χ0n) is 30.1. The van der Waals surface area contributed by atoms with E-state index in [2.05, 4.69) is 37.3 Å². The number of hydroxylamine groups is 2. The van der Waals surface area contributed by atoms with E-state index < -0.39 is 34.1 Å². The molecule has 14 heteroatoms. The lowest BCUT2D eigenvalue weighted by Gasteiger charge is -2.39. The fourth-order valence-corrected chi connectivity index (χ4v) is 6.96. The van der Waals surface area contributed by atoms with Crippen LogP contribution in [0.2, 0.25) is 0 Å². The lowest BCUT2D eigenvalue weighted by atomic mass is 9.99. The number of nitrogens with one attached hydrogen (secondary N) is 1. The standard InChI is InChI=1S/C17H28N4O8S.C16H36N/c1-17(2,3)28-16(24)19-8-6-11(7-9-19)18-14(22)13-5-4-12-10-20(13)15(23)21(12)29-30(25,26)27;1-5-9-13-17(14-10-6-2,15-11-7-3)16-12-8-4/h11-13H,4-10H2,1-3H3,(H,18,22)(H,25,26,27);5-16H2,1-4H3/q;+1/p-1/t12-,13-;/m0./s1. The van der Waals surface area contributed by atoms with Gasteiger partial charge >= 0.3 is 12.1 Å². The fourth-order valence-electron chi connectivity index (χ4n) is 6.58. The summed E-state index contributed by atoms with van der Waals surface area (Å²) in [6.45, 7) is 21.4. The Morgan fingerprint density at radius 2 is 1.36 bits per heavy atom. The van der Waals surface area contributed by atoms with Crippen molar-refractivity contribution in [2.24, 2.45) is 0 Å². The Morgan fingerprint density at radius 3 is 1.79 bits per heavy atom. The van der Waals surface area contributed by atoms with Crippen molar-refractivity contribution >= 4 is 28.4 Å². The van der Waals surface area contributed by atoms with E-state index in [0.29, 0.717) is 43.8 Å². The molecule has 3 heterocycles. The van der Waals surface area contributed by atoms with E-state index in [0.717, 1.165) is 0 Å². The van der Waals surface area contributed by atoms with Gasteiger partial charge in [0.1, 0.15) is 11.6 Å². The molecule has 3 fully saturated rings. The van der Waals surface area contributed by atoms with Crippen LogP contribution in [-0.4, -0.2) is 120 Å². The van der Waals surface area contributed by atoms with E-state index in [1.54, 1.807) is 25.7 Å². The van der Waals surface area contributed by atoms with E-state index in [-0.39, 0.29) is 24.6 Å². The van der Waals surface area contributed by atoms with Crippen molar-refractivity contribution in [3.05, 3.63) is 0 Å². The predicted octanol–water partition coefficient (Wildman–Crippen LogP) is 5.17. The number of unbranched alkanes of at least 4 members (excludes halogenated alkanes) is 4. The van der Waals surface area contributed by atoms with Gasteiger partial charge in [0.15, 0.2) is 0 Å². The molecule has 0 unspecified atom stereocenters. The zero-order valence-corrected chi connectivity index (χ0v) is 30.9. The lowest BCUT2D eigenvalue weighted by molar-refractivity contribution is -0.929. The number of hydrogen-bond acceptors (Lipinski definition) is 8. The minimum atomic E-state index is -5.08. The number of nitrogens with zero attached hydrogens (tertiary/aromatic N) is 4. The predicted molar refractivity (Wildman–Crippen MR) is 180 cm³/mol. The molecule has 0 radical (unpaired) electrons. The highest BCUT2D eigenvalue weighted by atomic mass is 32.3. The lowest BCUT2D eigenvalue weighted by Crippen LogP contribution is -2.54. The Morgan fingerprint density at radius 1 is 0.872 bits per heavy atom. The summed E-state index contributed by atoms with van der Waals surface area (Å²) in [7, 11) is -5.08. The Labute approximate surface area is 284 Å². The third kappa shape index (κ3) is 13.7. The topological polar surface area (TPSA) is 149 Å². The van der Waals surface area contributed by atoms with Crippen LogP contribution < -0.4 is 5.32 Å². The van der Waals surface area contributed by atoms with Crippen LogP contribution in [-0.2, 0) is 24.2 Å². The van der Waals surface area contributed by atoms with Crippen LogP contribution in [0.3, 0.4) is 0 Å². The first-order valence-electron chi connectivity index (χ1n) is 18.0. The van der Waals surface area contributed by atoms with Gasteiger partial charge in [0.25, 0.3) is 0 Å². The Bertz CT molecular complexity index is 1050. The molecular formula is C33H63N5O8S. The summed E-state index contributed by atoms with van der Waals surface area (Å²) < 4.78 is 43.6. The highest BCUT2D eigenvalue weighted by Crippen LogP contribution is 2.31. The monoisotopic (exact) mass is 689 g/mol. The second-order valence-electron chi connectivity index (χ2n) is 14.4. The third-order valence-corrected chi connectivity index (χ3v) is 9.58. The summed E-state index contributed by atoms with van der Waals surface area (Å²) in [4.78, 5) is 40.1. The number of ether oxygens (including phenoxy) is 1. The quantitative estimate of drug-likeness (QED) is 0.133. The van der Waals surface area contributed by atoms with Gasteiger partial charge in [-0.2, -0.15) is 9.35 Å². The Hall–Kier alpha value is -2.16. The first-order valence-corrected chi connectivity index (χ1v) is 19.3. The van der Waals surface area contributed by atoms with Crippen molar-refractivity contribution in [3.63, 3.8) is 0 Å². The van der Waals surface area contributed by atoms with Crippen LogP contribution in [0.25, 0.3) is 0 Å². The molecule has 0 aliphatic carbocycles. The number of carbonyl (C=O) groups is 3. The molecule has 0 aromatic carbocycles. The molecule has 274 valence electrons. The van der Waals surface area contributed by atoms with Gasteiger partial charge in [0.05, 0.1) is 32.2 Å². The number of urea groups is 1. The largest absolute Gasteiger partial charge is 0.724 e. The minimum Gasteiger partial charge on any atom is -0.724 e. The SMILES string of the molecule is CC(C)(C)OC(=O)N1CCC(NC(=O)[C@@H]2CC[C@H]3CN2C(=O)N3OS(=O)(=O)[O-])CC1.CCCC[N+](CCCC)(CCCC)CCCC. The van der Waals surface area contributed by atoms with Crippen LogP contribution >= 0.6 is 0 Å². The number of hydrogen-bond donors (Lipinski definition) is 1. The van der Waals surface area contributed by atoms with Gasteiger partial charge in [-0.15, -0.1) is 0 Å². The number of rotatable bonds is 16. The number of carbonyl (C=O) groups excluding carboxylic acids is 3. The van der Waals surface area contributed by atoms with E-state index in [4.69, 9.17) is 4.74 Å². The molecule has 3 aliphatic rings. The van der Waals surface area contributed by atoms with Gasteiger partial charge in [-0.25, -0.2) is 18.0 Å². The summed E-state index contributed by atoms with van der Waals surface area (Å²) in [6, 6.07) is -2.30. The summed E-state index contributed by atoms with van der Waals surface area (Å²) in [5, 5.41) is 3.46. The molecule has 3 aliphatic heterocycles. The van der Waals surface area contributed by atoms with Gasteiger partial charge in [-0.1, -0.05) is 53.4 Å². The number of amides is 4. The van der Waals surface area contributed by atoms with Crippen LogP contribution in [0.5, 0.6) is 0 Å². The maximum atomic E-state index is 12.7. The minimum absolute atomic E-state index is 0.115. The second kappa shape index (κ2) is 19.1. The third-order valence-electron chi connectivity index (χ3n) is 9.23. The molecule has 3 rings (SSSR count). The summed E-state index contributed by atoms with van der Waals surface area (Å²) >= 11 is 0. The molecule has 0 aromatic heterocycles. The molecular weight excluding hydrogens is 626 g/mol. The van der Waals surface area contributed by atoms with E-state index in [1.165, 1.54) is 86.9 Å². The molecule has 0 aromatic rings. The maximum Gasteiger partial charge on any atom is 0.410 e. The van der Waals surface area contributed by atoms with Crippen LogP contribution in [0.1, 0.15) is 126 Å². The number of fused-ring (bicyclic) bond motifs is 2. The fraction of sp³-hybridized carbons (Fsp3) is 0.909. The Balaban J connectivity index is 0.000000387. The molecule has 4 amide bonds. The van der Waals surface area contributed by atoms with E-state index in [9.17, 15) is 27.4 Å². The molecule has 47 heavy (non-hydrogen) atoms. The highest BCUT2D eigenvalue weighted by Gasteiger charge is 2.49. The van der Waals surface area contributed by atoms with Crippen molar-refractivity contribution in [1.82, 2.24) is 20.2 Å². The van der Waals surface area contributed by atoms with Gasteiger partial charge in [-0.05, 0) is 72.1 Å².